The quantitative estimate of drug-likeness (QED) is 0.313. The summed E-state index contributed by atoms with van der Waals surface area (Å²) in [6.07, 6.45) is 6.18. The molecule has 0 spiro atoms. The van der Waals surface area contributed by atoms with Crippen molar-refractivity contribution in [2.75, 3.05) is 18.1 Å². The van der Waals surface area contributed by atoms with Gasteiger partial charge in [-0.25, -0.2) is 8.42 Å². The molecular formula is C30H31N3O5S. The molecule has 1 aliphatic heterocycles. The van der Waals surface area contributed by atoms with Gasteiger partial charge < -0.3 is 19.7 Å². The van der Waals surface area contributed by atoms with Gasteiger partial charge in [-0.15, -0.1) is 0 Å². The van der Waals surface area contributed by atoms with Gasteiger partial charge in [0.05, 0.1) is 17.2 Å². The van der Waals surface area contributed by atoms with E-state index in [2.05, 4.69) is 9.97 Å². The highest BCUT2D eigenvalue weighted by Crippen LogP contribution is 2.44. The Bertz CT molecular complexity index is 1660. The number of aryl methyl sites for hydroxylation is 2. The fourth-order valence-electron chi connectivity index (χ4n) is 4.97. The zero-order valence-electron chi connectivity index (χ0n) is 22.0. The third kappa shape index (κ3) is 5.02. The summed E-state index contributed by atoms with van der Waals surface area (Å²) < 4.78 is 33.6. The van der Waals surface area contributed by atoms with E-state index in [1.807, 2.05) is 49.1 Å². The molecule has 0 fully saturated rings. The molecule has 0 saturated heterocycles. The largest absolute Gasteiger partial charge is 0.504 e. The number of anilines is 2. The first-order valence-corrected chi connectivity index (χ1v) is 14.5. The van der Waals surface area contributed by atoms with Crippen molar-refractivity contribution < 1.29 is 18.3 Å². The summed E-state index contributed by atoms with van der Waals surface area (Å²) in [6.45, 7) is 4.92. The van der Waals surface area contributed by atoms with Crippen molar-refractivity contribution in [2.24, 2.45) is 0 Å². The van der Waals surface area contributed by atoms with Crippen molar-refractivity contribution in [3.05, 3.63) is 88.6 Å². The van der Waals surface area contributed by atoms with Gasteiger partial charge in [0.1, 0.15) is 11.4 Å². The molecule has 0 amide bonds. The monoisotopic (exact) mass is 545 g/mol. The van der Waals surface area contributed by atoms with Crippen molar-refractivity contribution in [3.8, 4) is 22.6 Å². The SMILES string of the molecule is CCCCc1[nH]c(=O)c(S(=O)(=O)c2ccc(-c3ccncc3C)cc2)c(O)c1N1CCCOc2ccccc21. The van der Waals surface area contributed by atoms with E-state index in [0.717, 1.165) is 29.5 Å². The number of nitrogens with one attached hydrogen (secondary N) is 1. The average Bonchev–Trinajstić information content (AvgIpc) is 3.14. The molecule has 8 nitrogen and oxygen atoms in total. The number of H-pyrrole nitrogens is 1. The van der Waals surface area contributed by atoms with Crippen LogP contribution >= 0.6 is 0 Å². The molecule has 3 heterocycles. The summed E-state index contributed by atoms with van der Waals surface area (Å²) in [5.74, 6) is 0.0871. The Hall–Kier alpha value is -4.11. The minimum atomic E-state index is -4.36. The van der Waals surface area contributed by atoms with Gasteiger partial charge in [0, 0.05) is 24.6 Å². The van der Waals surface area contributed by atoms with Gasteiger partial charge in [0.15, 0.2) is 10.6 Å². The lowest BCUT2D eigenvalue weighted by molar-refractivity contribution is 0.322. The molecule has 9 heteroatoms. The van der Waals surface area contributed by atoms with Gasteiger partial charge in [0.25, 0.3) is 5.56 Å². The van der Waals surface area contributed by atoms with Crippen LogP contribution in [0.1, 0.15) is 37.4 Å². The summed E-state index contributed by atoms with van der Waals surface area (Å²) in [4.78, 5) is 21.3. The molecule has 5 rings (SSSR count). The number of aromatic hydroxyl groups is 1. The molecule has 2 N–H and O–H groups in total. The molecule has 2 aromatic heterocycles. The molecule has 1 aliphatic rings. The van der Waals surface area contributed by atoms with E-state index in [9.17, 15) is 18.3 Å². The van der Waals surface area contributed by atoms with Crippen molar-refractivity contribution in [3.63, 3.8) is 0 Å². The van der Waals surface area contributed by atoms with Crippen molar-refractivity contribution in [2.45, 2.75) is 49.3 Å². The van der Waals surface area contributed by atoms with E-state index in [-0.39, 0.29) is 4.90 Å². The minimum Gasteiger partial charge on any atom is -0.504 e. The first-order valence-electron chi connectivity index (χ1n) is 13.1. The van der Waals surface area contributed by atoms with Crippen LogP contribution in [-0.4, -0.2) is 36.6 Å². The normalized spacial score (nSPS) is 13.4. The molecule has 202 valence electrons. The van der Waals surface area contributed by atoms with Crippen LogP contribution in [0.2, 0.25) is 0 Å². The Balaban J connectivity index is 1.65. The van der Waals surface area contributed by atoms with E-state index >= 15 is 0 Å². The molecule has 0 saturated carbocycles. The fraction of sp³-hybridized carbons (Fsp3) is 0.267. The highest BCUT2D eigenvalue weighted by molar-refractivity contribution is 7.91. The lowest BCUT2D eigenvalue weighted by atomic mass is 10.0. The number of ether oxygens (including phenoxy) is 1. The van der Waals surface area contributed by atoms with Crippen LogP contribution in [0.4, 0.5) is 11.4 Å². The van der Waals surface area contributed by atoms with Crippen LogP contribution in [0.15, 0.2) is 81.6 Å². The zero-order valence-corrected chi connectivity index (χ0v) is 22.8. The summed E-state index contributed by atoms with van der Waals surface area (Å²) in [6, 6.07) is 15.6. The van der Waals surface area contributed by atoms with Crippen LogP contribution in [0, 0.1) is 6.92 Å². The fourth-order valence-corrected chi connectivity index (χ4v) is 6.35. The predicted octanol–water partition coefficient (Wildman–Crippen LogP) is 5.55. The molecule has 4 aromatic rings. The smallest absolute Gasteiger partial charge is 0.271 e. The number of nitrogens with zero attached hydrogens (tertiary/aromatic N) is 2. The van der Waals surface area contributed by atoms with E-state index in [1.165, 1.54) is 12.1 Å². The summed E-state index contributed by atoms with van der Waals surface area (Å²) >= 11 is 0. The zero-order chi connectivity index (χ0) is 27.6. The van der Waals surface area contributed by atoms with E-state index in [1.54, 1.807) is 24.5 Å². The van der Waals surface area contributed by atoms with Crippen molar-refractivity contribution >= 4 is 21.2 Å². The lowest BCUT2D eigenvalue weighted by Crippen LogP contribution is -2.26. The van der Waals surface area contributed by atoms with Crippen LogP contribution in [0.25, 0.3) is 11.1 Å². The molecule has 0 bridgehead atoms. The van der Waals surface area contributed by atoms with Gasteiger partial charge in [-0.1, -0.05) is 37.6 Å². The topological polar surface area (TPSA) is 113 Å². The lowest BCUT2D eigenvalue weighted by Gasteiger charge is -2.27. The van der Waals surface area contributed by atoms with Crippen molar-refractivity contribution in [1.29, 1.82) is 0 Å². The molecule has 0 atom stereocenters. The number of pyridine rings is 2. The first kappa shape index (κ1) is 26.5. The van der Waals surface area contributed by atoms with Crippen LogP contribution in [0.3, 0.4) is 0 Å². The first-order chi connectivity index (χ1) is 18.8. The maximum atomic E-state index is 13.8. The second-order valence-electron chi connectivity index (χ2n) is 9.60. The molecule has 0 unspecified atom stereocenters. The van der Waals surface area contributed by atoms with Crippen molar-refractivity contribution in [1.82, 2.24) is 9.97 Å². The second kappa shape index (κ2) is 10.9. The Kier molecular flexibility index (Phi) is 7.43. The Labute approximate surface area is 227 Å². The molecule has 39 heavy (non-hydrogen) atoms. The number of hydrogen-bond acceptors (Lipinski definition) is 7. The number of unbranched alkanes of at least 4 members (excludes halogenated alkanes) is 1. The molecular weight excluding hydrogens is 514 g/mol. The third-order valence-corrected chi connectivity index (χ3v) is 8.76. The number of benzene rings is 2. The summed E-state index contributed by atoms with van der Waals surface area (Å²) in [5.41, 5.74) is 3.37. The number of fused-ring (bicyclic) bond motifs is 1. The van der Waals surface area contributed by atoms with Crippen LogP contribution in [-0.2, 0) is 16.3 Å². The van der Waals surface area contributed by atoms with E-state index in [0.29, 0.717) is 48.8 Å². The van der Waals surface area contributed by atoms with Gasteiger partial charge in [-0.05, 0) is 73.2 Å². The maximum Gasteiger partial charge on any atom is 0.271 e. The van der Waals surface area contributed by atoms with Gasteiger partial charge >= 0.3 is 0 Å². The Morgan fingerprint density at radius 3 is 2.62 bits per heavy atom. The Morgan fingerprint density at radius 1 is 1.10 bits per heavy atom. The average molecular weight is 546 g/mol. The van der Waals surface area contributed by atoms with Crippen LogP contribution < -0.4 is 15.2 Å². The van der Waals surface area contributed by atoms with Gasteiger partial charge in [0.2, 0.25) is 9.84 Å². The maximum absolute atomic E-state index is 13.8. The van der Waals surface area contributed by atoms with E-state index < -0.39 is 26.0 Å². The van der Waals surface area contributed by atoms with Crippen LogP contribution in [0.5, 0.6) is 11.5 Å². The summed E-state index contributed by atoms with van der Waals surface area (Å²) in [7, 11) is -4.36. The number of aromatic amines is 1. The number of sulfone groups is 1. The summed E-state index contributed by atoms with van der Waals surface area (Å²) in [5, 5.41) is 11.6. The molecule has 0 radical (unpaired) electrons. The minimum absolute atomic E-state index is 0.0781. The van der Waals surface area contributed by atoms with E-state index in [4.69, 9.17) is 4.74 Å². The number of para-hydroxylation sites is 2. The highest BCUT2D eigenvalue weighted by atomic mass is 32.2. The second-order valence-corrected chi connectivity index (χ2v) is 11.5. The Morgan fingerprint density at radius 2 is 1.87 bits per heavy atom. The number of rotatable bonds is 7. The molecule has 0 aliphatic carbocycles. The predicted molar refractivity (Wildman–Crippen MR) is 151 cm³/mol. The number of aromatic nitrogens is 2. The third-order valence-electron chi connectivity index (χ3n) is 6.95. The molecule has 2 aromatic carbocycles. The van der Waals surface area contributed by atoms with Gasteiger partial charge in [-0.3, -0.25) is 9.78 Å². The van der Waals surface area contributed by atoms with Gasteiger partial charge in [-0.2, -0.15) is 0 Å². The number of hydrogen-bond donors (Lipinski definition) is 2. The highest BCUT2D eigenvalue weighted by Gasteiger charge is 2.32. The standard InChI is InChI=1S/C30H31N3O5S/c1-3-4-8-24-27(33-17-7-18-38-26-10-6-5-9-25(26)33)28(34)29(30(35)32-24)39(36,37)22-13-11-21(12-14-22)23-15-16-31-19-20(23)2/h5-6,9-16,19H,3-4,7-8,17-18H2,1-2H3,(H2,32,34,35).